The maximum Gasteiger partial charge on any atom is 0.188 e. The topological polar surface area (TPSA) is 58.2 Å². The van der Waals surface area contributed by atoms with Gasteiger partial charge in [0, 0.05) is 47.8 Å². The first-order valence-corrected chi connectivity index (χ1v) is 12.1. The minimum atomic E-state index is 0.0352. The summed E-state index contributed by atoms with van der Waals surface area (Å²) in [5.74, 6) is 0.0766. The van der Waals surface area contributed by atoms with Gasteiger partial charge in [-0.15, -0.1) is 0 Å². The molecule has 4 nitrogen and oxygen atoms in total. The van der Waals surface area contributed by atoms with Crippen molar-refractivity contribution in [1.82, 2.24) is 10.6 Å². The molecular weight excluding hydrogens is 420 g/mol. The molecule has 0 fully saturated rings. The third kappa shape index (κ3) is 7.44. The zero-order valence-corrected chi connectivity index (χ0v) is 22.1. The van der Waals surface area contributed by atoms with Gasteiger partial charge in [0.25, 0.3) is 0 Å². The van der Waals surface area contributed by atoms with E-state index in [1.807, 2.05) is 60.6 Å². The van der Waals surface area contributed by atoms with Crippen molar-refractivity contribution in [1.29, 1.82) is 0 Å². The predicted octanol–water partition coefficient (Wildman–Crippen LogP) is 6.23. The standard InChI is InChI=1S/C30H40N2O2/c1-9-26-15-22(5)30(23(6)16-26)28(34)18-25(8)32-12-10-11-31-24(7)17-27(33)29-20(3)13-19(2)14-21(29)4/h13-18,31-32H,9-12H2,1-8H3. The van der Waals surface area contributed by atoms with E-state index >= 15 is 0 Å². The van der Waals surface area contributed by atoms with E-state index in [-0.39, 0.29) is 11.6 Å². The number of hydrogen-bond acceptors (Lipinski definition) is 4. The average molecular weight is 461 g/mol. The van der Waals surface area contributed by atoms with Crippen molar-refractivity contribution in [2.45, 2.75) is 68.2 Å². The predicted molar refractivity (Wildman–Crippen MR) is 143 cm³/mol. The molecule has 0 saturated heterocycles. The molecule has 0 unspecified atom stereocenters. The Bertz CT molecular complexity index is 1080. The molecule has 0 heterocycles. The van der Waals surface area contributed by atoms with Crippen molar-refractivity contribution in [2.75, 3.05) is 13.1 Å². The summed E-state index contributed by atoms with van der Waals surface area (Å²) in [6, 6.07) is 8.30. The smallest absolute Gasteiger partial charge is 0.188 e. The van der Waals surface area contributed by atoms with Crippen LogP contribution in [-0.2, 0) is 6.42 Å². The third-order valence-corrected chi connectivity index (χ3v) is 6.03. The molecule has 0 atom stereocenters. The monoisotopic (exact) mass is 460 g/mol. The molecule has 0 amide bonds. The zero-order chi connectivity index (χ0) is 25.4. The quantitative estimate of drug-likeness (QED) is 0.237. The average Bonchev–Trinajstić information content (AvgIpc) is 2.71. The molecule has 34 heavy (non-hydrogen) atoms. The maximum atomic E-state index is 12.8. The number of carbonyl (C=O) groups excluding carboxylic acids is 2. The van der Waals surface area contributed by atoms with E-state index in [1.54, 1.807) is 12.2 Å². The summed E-state index contributed by atoms with van der Waals surface area (Å²) in [5.41, 5.74) is 9.81. The molecule has 0 aromatic heterocycles. The Morgan fingerprint density at radius 3 is 1.47 bits per heavy atom. The van der Waals surface area contributed by atoms with Crippen LogP contribution < -0.4 is 10.6 Å². The molecule has 4 heteroatoms. The fourth-order valence-electron chi connectivity index (χ4n) is 4.51. The van der Waals surface area contributed by atoms with Gasteiger partial charge in [-0.2, -0.15) is 0 Å². The van der Waals surface area contributed by atoms with Crippen LogP contribution >= 0.6 is 0 Å². The van der Waals surface area contributed by atoms with Gasteiger partial charge >= 0.3 is 0 Å². The van der Waals surface area contributed by atoms with Gasteiger partial charge in [0.15, 0.2) is 11.6 Å². The summed E-state index contributed by atoms with van der Waals surface area (Å²) < 4.78 is 0. The minimum absolute atomic E-state index is 0.0352. The second kappa shape index (κ2) is 12.4. The fourth-order valence-corrected chi connectivity index (χ4v) is 4.51. The lowest BCUT2D eigenvalue weighted by molar-refractivity contribution is 0.103. The van der Waals surface area contributed by atoms with Crippen LogP contribution in [0.2, 0.25) is 0 Å². The number of allylic oxidation sites excluding steroid dienone is 4. The molecule has 0 aliphatic rings. The van der Waals surface area contributed by atoms with E-state index in [0.717, 1.165) is 70.7 Å². The van der Waals surface area contributed by atoms with Crippen LogP contribution in [0, 0.1) is 34.6 Å². The second-order valence-electron chi connectivity index (χ2n) is 9.32. The molecule has 2 rings (SSSR count). The highest BCUT2D eigenvalue weighted by Gasteiger charge is 2.12. The second-order valence-corrected chi connectivity index (χ2v) is 9.32. The first kappa shape index (κ1) is 27.1. The number of aryl methyl sites for hydroxylation is 6. The molecule has 2 aromatic rings. The van der Waals surface area contributed by atoms with Crippen molar-refractivity contribution in [3.05, 3.63) is 92.3 Å². The van der Waals surface area contributed by atoms with Crippen LogP contribution in [0.4, 0.5) is 0 Å². The van der Waals surface area contributed by atoms with Gasteiger partial charge in [-0.05, 0) is 89.1 Å². The van der Waals surface area contributed by atoms with Crippen LogP contribution in [0.1, 0.15) is 81.3 Å². The molecule has 0 aliphatic carbocycles. The first-order valence-electron chi connectivity index (χ1n) is 12.1. The van der Waals surface area contributed by atoms with Crippen molar-refractivity contribution in [3.63, 3.8) is 0 Å². The highest BCUT2D eigenvalue weighted by atomic mass is 16.1. The largest absolute Gasteiger partial charge is 0.388 e. The lowest BCUT2D eigenvalue weighted by atomic mass is 9.95. The number of nitrogens with one attached hydrogen (secondary N) is 2. The maximum absolute atomic E-state index is 12.8. The lowest BCUT2D eigenvalue weighted by Gasteiger charge is -2.12. The Hall–Kier alpha value is -3.14. The number of ketones is 2. The van der Waals surface area contributed by atoms with Crippen LogP contribution in [0.3, 0.4) is 0 Å². The highest BCUT2D eigenvalue weighted by molar-refractivity contribution is 6.07. The Balaban J connectivity index is 1.85. The van der Waals surface area contributed by atoms with Gasteiger partial charge < -0.3 is 10.6 Å². The van der Waals surface area contributed by atoms with Crippen molar-refractivity contribution >= 4 is 11.6 Å². The van der Waals surface area contributed by atoms with Crippen molar-refractivity contribution < 1.29 is 9.59 Å². The van der Waals surface area contributed by atoms with Gasteiger partial charge in [-0.25, -0.2) is 0 Å². The van der Waals surface area contributed by atoms with Crippen LogP contribution in [0.15, 0.2) is 47.8 Å². The normalized spacial score (nSPS) is 12.0. The van der Waals surface area contributed by atoms with Crippen LogP contribution in [-0.4, -0.2) is 24.7 Å². The van der Waals surface area contributed by atoms with E-state index < -0.39 is 0 Å². The molecule has 0 saturated carbocycles. The Labute approximate surface area is 205 Å². The fraction of sp³-hybridized carbons (Fsp3) is 0.400. The van der Waals surface area contributed by atoms with Gasteiger partial charge in [0.2, 0.25) is 0 Å². The molecule has 182 valence electrons. The number of carbonyl (C=O) groups is 2. The van der Waals surface area contributed by atoms with Crippen molar-refractivity contribution in [3.8, 4) is 0 Å². The van der Waals surface area contributed by atoms with E-state index in [4.69, 9.17) is 0 Å². The summed E-state index contributed by atoms with van der Waals surface area (Å²) in [5, 5.41) is 6.63. The SMILES string of the molecule is CCc1cc(C)c(C(=O)C=C(C)NCCCNC(C)=CC(=O)c2c(C)cc(C)cc2C)c(C)c1. The molecular formula is C30H40N2O2. The summed E-state index contributed by atoms with van der Waals surface area (Å²) in [6.07, 6.45) is 5.19. The number of benzene rings is 2. The third-order valence-electron chi connectivity index (χ3n) is 6.03. The zero-order valence-electron chi connectivity index (χ0n) is 22.1. The van der Waals surface area contributed by atoms with Gasteiger partial charge in [-0.1, -0.05) is 36.8 Å². The Kier molecular flexibility index (Phi) is 9.85. The molecule has 0 bridgehead atoms. The van der Waals surface area contributed by atoms with E-state index in [1.165, 1.54) is 11.1 Å². The molecule has 2 aromatic carbocycles. The molecule has 0 aliphatic heterocycles. The van der Waals surface area contributed by atoms with E-state index in [9.17, 15) is 9.59 Å². The number of hydrogen-bond donors (Lipinski definition) is 2. The highest BCUT2D eigenvalue weighted by Crippen LogP contribution is 2.19. The van der Waals surface area contributed by atoms with Gasteiger partial charge in [0.1, 0.15) is 0 Å². The molecule has 0 spiro atoms. The lowest BCUT2D eigenvalue weighted by Crippen LogP contribution is -2.21. The Morgan fingerprint density at radius 1 is 0.706 bits per heavy atom. The summed E-state index contributed by atoms with van der Waals surface area (Å²) in [6.45, 7) is 17.5. The number of rotatable bonds is 11. The van der Waals surface area contributed by atoms with E-state index in [2.05, 4.69) is 29.7 Å². The van der Waals surface area contributed by atoms with Crippen LogP contribution in [0.5, 0.6) is 0 Å². The van der Waals surface area contributed by atoms with E-state index in [0.29, 0.717) is 0 Å². The summed E-state index contributed by atoms with van der Waals surface area (Å²) >= 11 is 0. The Morgan fingerprint density at radius 2 is 1.09 bits per heavy atom. The molecule has 0 radical (unpaired) electrons. The summed E-state index contributed by atoms with van der Waals surface area (Å²) in [4.78, 5) is 25.5. The first-order chi connectivity index (χ1) is 16.0. The molecule has 2 N–H and O–H groups in total. The van der Waals surface area contributed by atoms with Gasteiger partial charge in [0.05, 0.1) is 0 Å². The minimum Gasteiger partial charge on any atom is -0.388 e. The van der Waals surface area contributed by atoms with Crippen molar-refractivity contribution in [2.24, 2.45) is 0 Å². The van der Waals surface area contributed by atoms with Gasteiger partial charge in [-0.3, -0.25) is 9.59 Å². The van der Waals surface area contributed by atoms with Crippen LogP contribution in [0.25, 0.3) is 0 Å². The summed E-state index contributed by atoms with van der Waals surface area (Å²) in [7, 11) is 0.